The number of carbonyl (C=O) groups is 2. The number of hydrogen-bond acceptors (Lipinski definition) is 3. The van der Waals surface area contributed by atoms with Crippen LogP contribution in [0.15, 0.2) is 40.9 Å². The molecule has 1 heterocycles. The maximum atomic E-state index is 12.3. The van der Waals surface area contributed by atoms with Crippen LogP contribution in [0.2, 0.25) is 10.0 Å². The fraction of sp³-hybridized carbons (Fsp3) is 0.125. The topological polar surface area (TPSA) is 58.6 Å². The molecule has 0 aromatic heterocycles. The number of carbonyl (C=O) groups excluding carboxylic acids is 2. The number of nitrogens with zero attached hydrogens (tertiary/aromatic N) is 1. The minimum atomic E-state index is -0.375. The monoisotopic (exact) mass is 428 g/mol. The molecule has 0 aliphatic carbocycles. The summed E-state index contributed by atoms with van der Waals surface area (Å²) in [4.78, 5) is 25.8. The van der Waals surface area contributed by atoms with E-state index >= 15 is 0 Å². The Balaban J connectivity index is 1.79. The van der Waals surface area contributed by atoms with E-state index < -0.39 is 0 Å². The van der Waals surface area contributed by atoms with Crippen molar-refractivity contribution in [3.63, 3.8) is 0 Å². The number of fused-ring (bicyclic) bond motifs is 1. The van der Waals surface area contributed by atoms with Gasteiger partial charge in [-0.1, -0.05) is 39.1 Å². The van der Waals surface area contributed by atoms with Gasteiger partial charge >= 0.3 is 0 Å². The molecular weight excluding hydrogens is 419 g/mol. The smallest absolute Gasteiger partial charge is 0.265 e. The lowest BCUT2D eigenvalue weighted by molar-refractivity contribution is -0.123. The van der Waals surface area contributed by atoms with Gasteiger partial charge in [0.05, 0.1) is 16.4 Å². The Kier molecular flexibility index (Phi) is 4.99. The van der Waals surface area contributed by atoms with E-state index in [9.17, 15) is 9.59 Å². The van der Waals surface area contributed by atoms with Crippen molar-refractivity contribution < 1.29 is 14.3 Å². The van der Waals surface area contributed by atoms with Crippen LogP contribution in [-0.2, 0) is 9.59 Å². The first kappa shape index (κ1) is 17.1. The predicted molar refractivity (Wildman–Crippen MR) is 97.1 cm³/mol. The zero-order valence-electron chi connectivity index (χ0n) is 12.2. The second-order valence-electron chi connectivity index (χ2n) is 5.05. The van der Waals surface area contributed by atoms with E-state index in [0.717, 1.165) is 4.47 Å². The molecule has 2 aromatic rings. The van der Waals surface area contributed by atoms with E-state index in [4.69, 9.17) is 27.9 Å². The van der Waals surface area contributed by atoms with Crippen molar-refractivity contribution in [1.82, 2.24) is 0 Å². The number of amides is 2. The zero-order chi connectivity index (χ0) is 17.3. The first-order valence-electron chi connectivity index (χ1n) is 6.91. The van der Waals surface area contributed by atoms with E-state index in [2.05, 4.69) is 21.2 Å². The molecule has 0 bridgehead atoms. The van der Waals surface area contributed by atoms with Gasteiger partial charge in [-0.15, -0.1) is 0 Å². The fourth-order valence-electron chi connectivity index (χ4n) is 2.27. The summed E-state index contributed by atoms with van der Waals surface area (Å²) in [5, 5.41) is 3.54. The van der Waals surface area contributed by atoms with E-state index in [1.165, 1.54) is 4.90 Å². The summed E-state index contributed by atoms with van der Waals surface area (Å²) in [5.41, 5.74) is 0.938. The van der Waals surface area contributed by atoms with Crippen molar-refractivity contribution in [2.45, 2.75) is 0 Å². The molecule has 8 heteroatoms. The second-order valence-corrected chi connectivity index (χ2v) is 6.81. The normalized spacial score (nSPS) is 13.3. The predicted octanol–water partition coefficient (Wildman–Crippen LogP) is 4.12. The molecule has 0 saturated carbocycles. The van der Waals surface area contributed by atoms with Crippen LogP contribution in [0.3, 0.4) is 0 Å². The number of nitrogens with one attached hydrogen (secondary N) is 1. The van der Waals surface area contributed by atoms with E-state index in [1.54, 1.807) is 36.4 Å². The molecule has 1 aliphatic rings. The highest BCUT2D eigenvalue weighted by molar-refractivity contribution is 9.10. The minimum Gasteiger partial charge on any atom is -0.482 e. The van der Waals surface area contributed by atoms with Crippen LogP contribution in [-0.4, -0.2) is 25.0 Å². The summed E-state index contributed by atoms with van der Waals surface area (Å²) in [7, 11) is 0. The first-order valence-corrected chi connectivity index (χ1v) is 8.46. The third-order valence-electron chi connectivity index (χ3n) is 3.37. The Labute approximate surface area is 156 Å². The van der Waals surface area contributed by atoms with E-state index in [1.807, 2.05) is 0 Å². The van der Waals surface area contributed by atoms with Gasteiger partial charge in [0.1, 0.15) is 12.3 Å². The van der Waals surface area contributed by atoms with Crippen molar-refractivity contribution in [3.8, 4) is 5.75 Å². The highest BCUT2D eigenvalue weighted by Gasteiger charge is 2.27. The molecule has 0 fully saturated rings. The maximum absolute atomic E-state index is 12.3. The van der Waals surface area contributed by atoms with Crippen LogP contribution < -0.4 is 15.0 Å². The number of rotatable bonds is 3. The van der Waals surface area contributed by atoms with Gasteiger partial charge in [0.15, 0.2) is 6.61 Å². The first-order chi connectivity index (χ1) is 11.4. The largest absolute Gasteiger partial charge is 0.482 e. The average molecular weight is 430 g/mol. The quantitative estimate of drug-likeness (QED) is 0.798. The lowest BCUT2D eigenvalue weighted by Crippen LogP contribution is -2.43. The molecule has 0 radical (unpaired) electrons. The summed E-state index contributed by atoms with van der Waals surface area (Å²) >= 11 is 15.4. The van der Waals surface area contributed by atoms with Crippen LogP contribution in [0.4, 0.5) is 11.4 Å². The van der Waals surface area contributed by atoms with Crippen LogP contribution in [0, 0.1) is 0 Å². The van der Waals surface area contributed by atoms with Crippen molar-refractivity contribution >= 4 is 62.3 Å². The van der Waals surface area contributed by atoms with E-state index in [0.29, 0.717) is 27.2 Å². The van der Waals surface area contributed by atoms with Crippen molar-refractivity contribution in [2.24, 2.45) is 0 Å². The van der Waals surface area contributed by atoms with Crippen LogP contribution in [0.1, 0.15) is 0 Å². The molecule has 5 nitrogen and oxygen atoms in total. The average Bonchev–Trinajstić information content (AvgIpc) is 2.53. The van der Waals surface area contributed by atoms with Crippen LogP contribution >= 0.6 is 39.1 Å². The molecule has 124 valence electrons. The van der Waals surface area contributed by atoms with Crippen molar-refractivity contribution in [1.29, 1.82) is 0 Å². The molecule has 0 atom stereocenters. The molecule has 1 aliphatic heterocycles. The van der Waals surface area contributed by atoms with Gasteiger partial charge in [-0.05, 0) is 36.4 Å². The number of halogens is 3. The van der Waals surface area contributed by atoms with Crippen LogP contribution in [0.25, 0.3) is 0 Å². The minimum absolute atomic E-state index is 0.124. The Morgan fingerprint density at radius 2 is 2.04 bits per heavy atom. The highest BCUT2D eigenvalue weighted by Crippen LogP contribution is 2.34. The molecule has 0 spiro atoms. The molecule has 1 N–H and O–H groups in total. The summed E-state index contributed by atoms with van der Waals surface area (Å²) in [6.07, 6.45) is 0. The molecule has 24 heavy (non-hydrogen) atoms. The molecule has 2 amide bonds. The fourth-order valence-corrected chi connectivity index (χ4v) is 3.16. The van der Waals surface area contributed by atoms with Crippen molar-refractivity contribution in [2.75, 3.05) is 23.4 Å². The molecular formula is C16H11BrCl2N2O3. The van der Waals surface area contributed by atoms with Gasteiger partial charge in [0.2, 0.25) is 5.91 Å². The number of ether oxygens (including phenoxy) is 1. The Morgan fingerprint density at radius 3 is 2.79 bits per heavy atom. The maximum Gasteiger partial charge on any atom is 0.265 e. The Bertz CT molecular complexity index is 829. The van der Waals surface area contributed by atoms with E-state index in [-0.39, 0.29) is 25.0 Å². The summed E-state index contributed by atoms with van der Waals surface area (Å²) < 4.78 is 6.15. The number of anilines is 2. The summed E-state index contributed by atoms with van der Waals surface area (Å²) in [5.74, 6) is -0.185. The number of benzene rings is 2. The molecule has 0 unspecified atom stereocenters. The lowest BCUT2D eigenvalue weighted by atomic mass is 10.2. The lowest BCUT2D eigenvalue weighted by Gasteiger charge is -2.29. The number of hydrogen-bond donors (Lipinski definition) is 1. The SMILES string of the molecule is O=C(CN1C(=O)COc2ccc(Cl)cc21)Nc1ccc(Br)cc1Cl. The molecule has 2 aromatic carbocycles. The summed E-state index contributed by atoms with van der Waals surface area (Å²) in [6.45, 7) is -0.289. The Hall–Kier alpha value is -1.76. The van der Waals surface area contributed by atoms with Gasteiger partial charge in [-0.3, -0.25) is 14.5 Å². The van der Waals surface area contributed by atoms with Gasteiger partial charge < -0.3 is 10.1 Å². The van der Waals surface area contributed by atoms with Gasteiger partial charge in [-0.25, -0.2) is 0 Å². The highest BCUT2D eigenvalue weighted by atomic mass is 79.9. The Morgan fingerprint density at radius 1 is 1.25 bits per heavy atom. The van der Waals surface area contributed by atoms with Gasteiger partial charge in [0, 0.05) is 9.50 Å². The molecule has 3 rings (SSSR count). The van der Waals surface area contributed by atoms with Crippen molar-refractivity contribution in [3.05, 3.63) is 50.9 Å². The third-order valence-corrected chi connectivity index (χ3v) is 4.41. The van der Waals surface area contributed by atoms with Gasteiger partial charge in [0.25, 0.3) is 5.91 Å². The molecule has 0 saturated heterocycles. The second kappa shape index (κ2) is 7.01. The third kappa shape index (κ3) is 3.66. The summed E-state index contributed by atoms with van der Waals surface area (Å²) in [6, 6.07) is 10.0. The van der Waals surface area contributed by atoms with Gasteiger partial charge in [-0.2, -0.15) is 0 Å². The van der Waals surface area contributed by atoms with Crippen LogP contribution in [0.5, 0.6) is 5.75 Å². The standard InChI is InChI=1S/C16H11BrCl2N2O3/c17-9-1-3-12(11(19)5-9)20-15(22)7-21-13-6-10(18)2-4-14(13)24-8-16(21)23/h1-6H,7-8H2,(H,20,22). The zero-order valence-corrected chi connectivity index (χ0v) is 15.3.